The molecule has 1 aliphatic rings. The average Bonchev–Trinajstić information content (AvgIpc) is 2.94. The van der Waals surface area contributed by atoms with Crippen molar-refractivity contribution in [1.82, 2.24) is 4.90 Å². The Kier molecular flexibility index (Phi) is 6.86. The second kappa shape index (κ2) is 9.75. The van der Waals surface area contributed by atoms with Crippen molar-refractivity contribution in [2.75, 3.05) is 6.54 Å². The Morgan fingerprint density at radius 1 is 1.13 bits per heavy atom. The van der Waals surface area contributed by atoms with Gasteiger partial charge < -0.3 is 4.74 Å². The summed E-state index contributed by atoms with van der Waals surface area (Å²) < 4.78 is 18.4. The van der Waals surface area contributed by atoms with Crippen LogP contribution < -0.4 is 0 Å². The minimum Gasteiger partial charge on any atom is -0.449 e. The molecule has 0 aliphatic carbocycles. The van der Waals surface area contributed by atoms with Crippen LogP contribution in [-0.4, -0.2) is 40.3 Å². The Morgan fingerprint density at radius 3 is 2.55 bits per heavy atom. The van der Waals surface area contributed by atoms with Crippen LogP contribution in [-0.2, 0) is 14.3 Å². The standard InChI is InChI=1S/C22H19FN2O6/c23-17-11-8-16(9-12-17)21(27)24-14-4-3-7-19(22(24)28)31-20(26)13-10-15-5-1-2-6-18(15)25(29)30/h1-2,5-6,8-13,19H,3-4,7,14H2/b13-10+. The van der Waals surface area contributed by atoms with E-state index in [1.807, 2.05) is 0 Å². The highest BCUT2D eigenvalue weighted by molar-refractivity contribution is 6.06. The third kappa shape index (κ3) is 5.39. The van der Waals surface area contributed by atoms with Gasteiger partial charge in [-0.25, -0.2) is 9.18 Å². The van der Waals surface area contributed by atoms with Crippen LogP contribution in [0.15, 0.2) is 54.6 Å². The smallest absolute Gasteiger partial charge is 0.331 e. The first kappa shape index (κ1) is 21.8. The number of nitrogens with zero attached hydrogens (tertiary/aromatic N) is 2. The van der Waals surface area contributed by atoms with E-state index in [1.54, 1.807) is 6.07 Å². The number of ether oxygens (including phenoxy) is 1. The van der Waals surface area contributed by atoms with Crippen LogP contribution in [0.1, 0.15) is 35.2 Å². The molecular weight excluding hydrogens is 407 g/mol. The van der Waals surface area contributed by atoms with Gasteiger partial charge in [-0.05, 0) is 55.7 Å². The first-order chi connectivity index (χ1) is 14.9. The summed E-state index contributed by atoms with van der Waals surface area (Å²) in [5, 5.41) is 11.1. The van der Waals surface area contributed by atoms with E-state index < -0.39 is 34.6 Å². The monoisotopic (exact) mass is 426 g/mol. The fourth-order valence-electron chi connectivity index (χ4n) is 3.20. The van der Waals surface area contributed by atoms with Gasteiger partial charge in [0, 0.05) is 24.3 Å². The molecule has 2 amide bonds. The summed E-state index contributed by atoms with van der Waals surface area (Å²) in [6.45, 7) is 0.162. The lowest BCUT2D eigenvalue weighted by atomic mass is 10.1. The molecule has 8 nitrogen and oxygen atoms in total. The lowest BCUT2D eigenvalue weighted by Gasteiger charge is -2.22. The Hall–Kier alpha value is -3.88. The normalized spacial score (nSPS) is 16.7. The molecule has 0 saturated carbocycles. The zero-order chi connectivity index (χ0) is 22.4. The van der Waals surface area contributed by atoms with Crippen molar-refractivity contribution in [1.29, 1.82) is 0 Å². The van der Waals surface area contributed by atoms with Crippen LogP contribution in [0.5, 0.6) is 0 Å². The van der Waals surface area contributed by atoms with E-state index in [0.29, 0.717) is 12.8 Å². The van der Waals surface area contributed by atoms with E-state index in [2.05, 4.69) is 0 Å². The van der Waals surface area contributed by atoms with Gasteiger partial charge in [0.05, 0.1) is 10.5 Å². The summed E-state index contributed by atoms with van der Waals surface area (Å²) in [6.07, 6.45) is 2.44. The predicted octanol–water partition coefficient (Wildman–Crippen LogP) is 3.51. The van der Waals surface area contributed by atoms with Crippen molar-refractivity contribution in [3.63, 3.8) is 0 Å². The van der Waals surface area contributed by atoms with E-state index in [1.165, 1.54) is 36.4 Å². The Bertz CT molecular complexity index is 1030. The maximum Gasteiger partial charge on any atom is 0.331 e. The van der Waals surface area contributed by atoms with Crippen LogP contribution in [0.3, 0.4) is 0 Å². The predicted molar refractivity (Wildman–Crippen MR) is 108 cm³/mol. The summed E-state index contributed by atoms with van der Waals surface area (Å²) in [4.78, 5) is 49.2. The number of rotatable bonds is 5. The van der Waals surface area contributed by atoms with Gasteiger partial charge in [0.1, 0.15) is 5.82 Å². The molecule has 0 aromatic heterocycles. The molecule has 2 aromatic rings. The second-order valence-corrected chi connectivity index (χ2v) is 6.87. The molecule has 0 N–H and O–H groups in total. The molecule has 0 spiro atoms. The number of imide groups is 1. The Balaban J connectivity index is 1.71. The van der Waals surface area contributed by atoms with Crippen LogP contribution in [0, 0.1) is 15.9 Å². The van der Waals surface area contributed by atoms with Crippen molar-refractivity contribution >= 4 is 29.5 Å². The molecule has 1 aliphatic heterocycles. The number of carbonyl (C=O) groups excluding carboxylic acids is 3. The van der Waals surface area contributed by atoms with E-state index in [9.17, 15) is 28.9 Å². The molecule has 1 heterocycles. The minimum atomic E-state index is -1.16. The summed E-state index contributed by atoms with van der Waals surface area (Å²) >= 11 is 0. The van der Waals surface area contributed by atoms with Crippen molar-refractivity contribution in [3.8, 4) is 0 Å². The number of amides is 2. The number of hydrogen-bond donors (Lipinski definition) is 0. The molecule has 1 saturated heterocycles. The van der Waals surface area contributed by atoms with Gasteiger partial charge >= 0.3 is 5.97 Å². The summed E-state index contributed by atoms with van der Waals surface area (Å²) in [7, 11) is 0. The van der Waals surface area contributed by atoms with E-state index in [-0.39, 0.29) is 29.8 Å². The van der Waals surface area contributed by atoms with Gasteiger partial charge in [0.25, 0.3) is 17.5 Å². The number of benzene rings is 2. The lowest BCUT2D eigenvalue weighted by Crippen LogP contribution is -2.43. The second-order valence-electron chi connectivity index (χ2n) is 6.87. The SMILES string of the molecule is O=C(/C=C/c1ccccc1[N+](=O)[O-])OC1CCCCN(C(=O)c2ccc(F)cc2)C1=O. The van der Waals surface area contributed by atoms with Gasteiger partial charge in [-0.2, -0.15) is 0 Å². The minimum absolute atomic E-state index is 0.151. The van der Waals surface area contributed by atoms with Crippen LogP contribution in [0.25, 0.3) is 6.08 Å². The Morgan fingerprint density at radius 2 is 1.84 bits per heavy atom. The largest absolute Gasteiger partial charge is 0.449 e. The molecule has 1 unspecified atom stereocenters. The number of carbonyl (C=O) groups is 3. The summed E-state index contributed by atoms with van der Waals surface area (Å²) in [6, 6.07) is 10.7. The third-order valence-corrected chi connectivity index (χ3v) is 4.77. The van der Waals surface area contributed by atoms with E-state index in [4.69, 9.17) is 4.74 Å². The molecule has 1 atom stereocenters. The molecule has 0 bridgehead atoms. The fourth-order valence-corrected chi connectivity index (χ4v) is 3.20. The number of hydrogen-bond acceptors (Lipinski definition) is 6. The van der Waals surface area contributed by atoms with Crippen molar-refractivity contribution in [2.45, 2.75) is 25.4 Å². The first-order valence-electron chi connectivity index (χ1n) is 9.60. The number of likely N-dealkylation sites (tertiary alicyclic amines) is 1. The quantitative estimate of drug-likeness (QED) is 0.238. The van der Waals surface area contributed by atoms with Crippen molar-refractivity contribution < 1.29 is 28.4 Å². The third-order valence-electron chi connectivity index (χ3n) is 4.77. The molecular formula is C22H19FN2O6. The topological polar surface area (TPSA) is 107 Å². The maximum absolute atomic E-state index is 13.1. The number of para-hydroxylation sites is 1. The molecule has 0 radical (unpaired) electrons. The average molecular weight is 426 g/mol. The van der Waals surface area contributed by atoms with Crippen LogP contribution >= 0.6 is 0 Å². The molecule has 1 fully saturated rings. The van der Waals surface area contributed by atoms with Crippen LogP contribution in [0.4, 0.5) is 10.1 Å². The van der Waals surface area contributed by atoms with Gasteiger partial charge in [-0.1, -0.05) is 12.1 Å². The molecule has 31 heavy (non-hydrogen) atoms. The van der Waals surface area contributed by atoms with Crippen molar-refractivity contribution in [3.05, 3.63) is 81.7 Å². The van der Waals surface area contributed by atoms with Gasteiger partial charge in [0.2, 0.25) is 0 Å². The molecule has 9 heteroatoms. The number of nitro benzene ring substituents is 1. The highest BCUT2D eigenvalue weighted by Crippen LogP contribution is 2.20. The molecule has 160 valence electrons. The van der Waals surface area contributed by atoms with Crippen molar-refractivity contribution in [2.24, 2.45) is 0 Å². The van der Waals surface area contributed by atoms with Gasteiger partial charge in [-0.15, -0.1) is 0 Å². The summed E-state index contributed by atoms with van der Waals surface area (Å²) in [5.74, 6) is -2.61. The molecule has 2 aromatic carbocycles. The number of esters is 1. The summed E-state index contributed by atoms with van der Waals surface area (Å²) in [5.41, 5.74) is 0.191. The number of nitro groups is 1. The number of halogens is 1. The fraction of sp³-hybridized carbons (Fsp3) is 0.227. The highest BCUT2D eigenvalue weighted by atomic mass is 19.1. The molecule has 3 rings (SSSR count). The first-order valence-corrected chi connectivity index (χ1v) is 9.60. The highest BCUT2D eigenvalue weighted by Gasteiger charge is 2.33. The van der Waals surface area contributed by atoms with E-state index in [0.717, 1.165) is 23.1 Å². The van der Waals surface area contributed by atoms with Gasteiger partial charge in [-0.3, -0.25) is 24.6 Å². The maximum atomic E-state index is 13.1. The zero-order valence-corrected chi connectivity index (χ0v) is 16.4. The van der Waals surface area contributed by atoms with Crippen LogP contribution in [0.2, 0.25) is 0 Å². The van der Waals surface area contributed by atoms with Gasteiger partial charge in [0.15, 0.2) is 6.10 Å². The van der Waals surface area contributed by atoms with E-state index >= 15 is 0 Å². The lowest BCUT2D eigenvalue weighted by molar-refractivity contribution is -0.385. The Labute approximate surface area is 177 Å². The zero-order valence-electron chi connectivity index (χ0n) is 16.4.